The van der Waals surface area contributed by atoms with Crippen LogP contribution < -0.4 is 4.90 Å². The lowest BCUT2D eigenvalue weighted by molar-refractivity contribution is 0.627. The maximum atomic E-state index is 12.9. The molecule has 0 spiro atoms. The van der Waals surface area contributed by atoms with Crippen molar-refractivity contribution in [2.45, 2.75) is 13.3 Å². The molecule has 2 rings (SSSR count). The molecular weight excluding hydrogens is 215 g/mol. The van der Waals surface area contributed by atoms with Crippen LogP contribution in [-0.4, -0.2) is 11.5 Å². The molecular formula is C14H15FN2. The van der Waals surface area contributed by atoms with Gasteiger partial charge in [-0.3, -0.25) is 4.98 Å². The average Bonchev–Trinajstić information content (AvgIpc) is 2.38. The highest BCUT2D eigenvalue weighted by Gasteiger charge is 2.07. The molecule has 1 heterocycles. The van der Waals surface area contributed by atoms with E-state index in [9.17, 15) is 4.39 Å². The van der Waals surface area contributed by atoms with Gasteiger partial charge in [0.15, 0.2) is 0 Å². The van der Waals surface area contributed by atoms with Crippen molar-refractivity contribution in [3.05, 3.63) is 54.6 Å². The molecule has 17 heavy (non-hydrogen) atoms. The van der Waals surface area contributed by atoms with Crippen LogP contribution in [-0.2, 0) is 0 Å². The van der Waals surface area contributed by atoms with E-state index in [2.05, 4.69) is 16.8 Å². The van der Waals surface area contributed by atoms with Gasteiger partial charge in [0, 0.05) is 18.4 Å². The summed E-state index contributed by atoms with van der Waals surface area (Å²) < 4.78 is 12.9. The molecule has 1 aromatic carbocycles. The zero-order chi connectivity index (χ0) is 12.1. The Morgan fingerprint density at radius 1 is 1.12 bits per heavy atom. The fourth-order valence-corrected chi connectivity index (χ4v) is 1.77. The highest BCUT2D eigenvalue weighted by Crippen LogP contribution is 2.24. The standard InChI is InChI=1S/C14H15FN2/c1-2-10-17(14-4-3-9-16-11-14)13-7-5-12(15)6-8-13/h3-9,11H,2,10H2,1H3. The lowest BCUT2D eigenvalue weighted by atomic mass is 10.2. The highest BCUT2D eigenvalue weighted by atomic mass is 19.1. The second kappa shape index (κ2) is 5.43. The first-order valence-electron chi connectivity index (χ1n) is 5.74. The summed E-state index contributed by atoms with van der Waals surface area (Å²) in [6.45, 7) is 3.00. The first kappa shape index (κ1) is 11.6. The Labute approximate surface area is 101 Å². The number of hydrogen-bond acceptors (Lipinski definition) is 2. The smallest absolute Gasteiger partial charge is 0.123 e. The van der Waals surface area contributed by atoms with E-state index < -0.39 is 0 Å². The monoisotopic (exact) mass is 230 g/mol. The van der Waals surface area contributed by atoms with Crippen molar-refractivity contribution in [3.63, 3.8) is 0 Å². The average molecular weight is 230 g/mol. The van der Waals surface area contributed by atoms with E-state index in [1.54, 1.807) is 18.3 Å². The molecule has 0 amide bonds. The quantitative estimate of drug-likeness (QED) is 0.794. The fraction of sp³-hybridized carbons (Fsp3) is 0.214. The van der Waals surface area contributed by atoms with Crippen molar-refractivity contribution in [2.24, 2.45) is 0 Å². The van der Waals surface area contributed by atoms with E-state index in [4.69, 9.17) is 0 Å². The number of halogens is 1. The third kappa shape index (κ3) is 2.81. The van der Waals surface area contributed by atoms with Crippen molar-refractivity contribution in [3.8, 4) is 0 Å². The van der Waals surface area contributed by atoms with E-state index in [0.29, 0.717) is 0 Å². The Bertz CT molecular complexity index is 453. The lowest BCUT2D eigenvalue weighted by Crippen LogP contribution is -2.17. The summed E-state index contributed by atoms with van der Waals surface area (Å²) in [6, 6.07) is 10.5. The Balaban J connectivity index is 2.32. The number of anilines is 2. The first-order chi connectivity index (χ1) is 8.31. The van der Waals surface area contributed by atoms with Gasteiger partial charge in [0.25, 0.3) is 0 Å². The van der Waals surface area contributed by atoms with Gasteiger partial charge in [0.05, 0.1) is 11.9 Å². The fourth-order valence-electron chi connectivity index (χ4n) is 1.77. The van der Waals surface area contributed by atoms with E-state index in [1.807, 2.05) is 18.3 Å². The van der Waals surface area contributed by atoms with E-state index in [0.717, 1.165) is 24.3 Å². The molecule has 0 unspecified atom stereocenters. The van der Waals surface area contributed by atoms with E-state index >= 15 is 0 Å². The van der Waals surface area contributed by atoms with Crippen molar-refractivity contribution < 1.29 is 4.39 Å². The third-order valence-electron chi connectivity index (χ3n) is 2.54. The topological polar surface area (TPSA) is 16.1 Å². The molecule has 2 nitrogen and oxygen atoms in total. The molecule has 88 valence electrons. The summed E-state index contributed by atoms with van der Waals surface area (Å²) in [4.78, 5) is 6.25. The maximum Gasteiger partial charge on any atom is 0.123 e. The summed E-state index contributed by atoms with van der Waals surface area (Å²) in [6.07, 6.45) is 4.59. The van der Waals surface area contributed by atoms with Crippen LogP contribution in [0.1, 0.15) is 13.3 Å². The second-order valence-electron chi connectivity index (χ2n) is 3.84. The minimum Gasteiger partial charge on any atom is -0.340 e. The molecule has 3 heteroatoms. The minimum atomic E-state index is -0.212. The van der Waals surface area contributed by atoms with Gasteiger partial charge in [-0.15, -0.1) is 0 Å². The highest BCUT2D eigenvalue weighted by molar-refractivity contribution is 5.62. The number of aromatic nitrogens is 1. The summed E-state index contributed by atoms with van der Waals surface area (Å²) in [7, 11) is 0. The summed E-state index contributed by atoms with van der Waals surface area (Å²) in [5.74, 6) is -0.212. The number of hydrogen-bond donors (Lipinski definition) is 0. The summed E-state index contributed by atoms with van der Waals surface area (Å²) in [5.41, 5.74) is 2.02. The molecule has 0 fully saturated rings. The number of pyridine rings is 1. The van der Waals surface area contributed by atoms with Crippen LogP contribution in [0.3, 0.4) is 0 Å². The van der Waals surface area contributed by atoms with Gasteiger partial charge in [-0.2, -0.15) is 0 Å². The number of benzene rings is 1. The lowest BCUT2D eigenvalue weighted by Gasteiger charge is -2.24. The summed E-state index contributed by atoms with van der Waals surface area (Å²) >= 11 is 0. The molecule has 0 saturated carbocycles. The molecule has 0 radical (unpaired) electrons. The molecule has 0 saturated heterocycles. The van der Waals surface area contributed by atoms with Gasteiger partial charge in [0.2, 0.25) is 0 Å². The summed E-state index contributed by atoms with van der Waals surface area (Å²) in [5, 5.41) is 0. The molecule has 0 aliphatic carbocycles. The van der Waals surface area contributed by atoms with Crippen molar-refractivity contribution in [1.82, 2.24) is 4.98 Å². The maximum absolute atomic E-state index is 12.9. The van der Waals surface area contributed by atoms with Crippen LogP contribution >= 0.6 is 0 Å². The van der Waals surface area contributed by atoms with Crippen LogP contribution in [0.15, 0.2) is 48.8 Å². The van der Waals surface area contributed by atoms with E-state index in [-0.39, 0.29) is 5.82 Å². The zero-order valence-electron chi connectivity index (χ0n) is 9.81. The van der Waals surface area contributed by atoms with E-state index in [1.165, 1.54) is 12.1 Å². The predicted molar refractivity (Wildman–Crippen MR) is 67.9 cm³/mol. The predicted octanol–water partition coefficient (Wildman–Crippen LogP) is 3.77. The molecule has 2 aromatic rings. The second-order valence-corrected chi connectivity index (χ2v) is 3.84. The van der Waals surface area contributed by atoms with Gasteiger partial charge in [-0.25, -0.2) is 4.39 Å². The largest absolute Gasteiger partial charge is 0.340 e. The minimum absolute atomic E-state index is 0.212. The van der Waals surface area contributed by atoms with Crippen LogP contribution in [0.2, 0.25) is 0 Å². The Hall–Kier alpha value is -1.90. The Morgan fingerprint density at radius 3 is 2.47 bits per heavy atom. The number of rotatable bonds is 4. The SMILES string of the molecule is CCCN(c1ccc(F)cc1)c1cccnc1. The van der Waals surface area contributed by atoms with Gasteiger partial charge in [-0.05, 0) is 42.8 Å². The van der Waals surface area contributed by atoms with Crippen LogP contribution in [0.4, 0.5) is 15.8 Å². The molecule has 0 atom stereocenters. The van der Waals surface area contributed by atoms with Crippen molar-refractivity contribution in [2.75, 3.05) is 11.4 Å². The first-order valence-corrected chi connectivity index (χ1v) is 5.74. The Morgan fingerprint density at radius 2 is 1.88 bits per heavy atom. The van der Waals surface area contributed by atoms with Gasteiger partial charge >= 0.3 is 0 Å². The molecule has 0 N–H and O–H groups in total. The van der Waals surface area contributed by atoms with Gasteiger partial charge in [-0.1, -0.05) is 6.92 Å². The molecule has 0 aliphatic heterocycles. The van der Waals surface area contributed by atoms with Crippen LogP contribution in [0, 0.1) is 5.82 Å². The van der Waals surface area contributed by atoms with Crippen LogP contribution in [0.25, 0.3) is 0 Å². The molecule has 0 aliphatic rings. The van der Waals surface area contributed by atoms with Gasteiger partial charge in [0.1, 0.15) is 5.82 Å². The third-order valence-corrected chi connectivity index (χ3v) is 2.54. The normalized spacial score (nSPS) is 10.2. The molecule has 1 aromatic heterocycles. The zero-order valence-corrected chi connectivity index (χ0v) is 9.81. The van der Waals surface area contributed by atoms with Crippen molar-refractivity contribution in [1.29, 1.82) is 0 Å². The van der Waals surface area contributed by atoms with Crippen molar-refractivity contribution >= 4 is 11.4 Å². The molecule has 0 bridgehead atoms. The van der Waals surface area contributed by atoms with Gasteiger partial charge < -0.3 is 4.90 Å². The Kier molecular flexibility index (Phi) is 3.70. The van der Waals surface area contributed by atoms with Crippen LogP contribution in [0.5, 0.6) is 0 Å². The number of nitrogens with zero attached hydrogens (tertiary/aromatic N) is 2.